The number of nitrogens with zero attached hydrogens (tertiary/aromatic N) is 1. The molecule has 0 saturated carbocycles. The molecule has 2 unspecified atom stereocenters. The topological polar surface area (TPSA) is 74.7 Å². The molecule has 1 aliphatic rings. The molecule has 5 nitrogen and oxygen atoms in total. The van der Waals surface area contributed by atoms with Crippen LogP contribution in [0.1, 0.15) is 28.9 Å². The highest BCUT2D eigenvalue weighted by molar-refractivity contribution is 7.89. The van der Waals surface area contributed by atoms with Gasteiger partial charge in [0.2, 0.25) is 10.0 Å². The molecule has 0 amide bonds. The average molecular weight is 353 g/mol. The van der Waals surface area contributed by atoms with Crippen molar-refractivity contribution in [1.82, 2.24) is 4.31 Å². The highest BCUT2D eigenvalue weighted by Crippen LogP contribution is 2.33. The van der Waals surface area contributed by atoms with Gasteiger partial charge in [0.15, 0.2) is 0 Å². The SMILES string of the molecule is C=CCC1C=CCC(CC=C)N1S(=O)(=O)c1ccsc1C(=O)O. The van der Waals surface area contributed by atoms with Crippen LogP contribution in [0.25, 0.3) is 0 Å². The van der Waals surface area contributed by atoms with E-state index in [2.05, 4.69) is 13.2 Å². The van der Waals surface area contributed by atoms with Crippen molar-refractivity contribution < 1.29 is 18.3 Å². The third kappa shape index (κ3) is 3.46. The Hall–Kier alpha value is -1.70. The lowest BCUT2D eigenvalue weighted by Crippen LogP contribution is -2.48. The summed E-state index contributed by atoms with van der Waals surface area (Å²) in [6, 6.07) is 0.726. The maximum absolute atomic E-state index is 13.1. The fourth-order valence-electron chi connectivity index (χ4n) is 2.74. The Balaban J connectivity index is 2.53. The van der Waals surface area contributed by atoms with Crippen molar-refractivity contribution in [3.05, 3.63) is 53.8 Å². The Morgan fingerprint density at radius 3 is 2.70 bits per heavy atom. The summed E-state index contributed by atoms with van der Waals surface area (Å²) in [7, 11) is -3.92. The second-order valence-corrected chi connectivity index (χ2v) is 7.92. The minimum Gasteiger partial charge on any atom is -0.477 e. The molecule has 0 saturated heterocycles. The van der Waals surface area contributed by atoms with Gasteiger partial charge < -0.3 is 5.11 Å². The van der Waals surface area contributed by atoms with E-state index in [4.69, 9.17) is 0 Å². The van der Waals surface area contributed by atoms with Gasteiger partial charge in [-0.15, -0.1) is 24.5 Å². The van der Waals surface area contributed by atoms with Crippen LogP contribution in [0.2, 0.25) is 0 Å². The van der Waals surface area contributed by atoms with Crippen molar-refractivity contribution >= 4 is 27.3 Å². The molecule has 23 heavy (non-hydrogen) atoms. The van der Waals surface area contributed by atoms with Crippen LogP contribution < -0.4 is 0 Å². The van der Waals surface area contributed by atoms with Crippen LogP contribution in [0.5, 0.6) is 0 Å². The van der Waals surface area contributed by atoms with E-state index in [0.717, 1.165) is 11.3 Å². The molecule has 0 fully saturated rings. The number of hydrogen-bond donors (Lipinski definition) is 1. The Labute approximate surface area is 140 Å². The number of sulfonamides is 1. The van der Waals surface area contributed by atoms with Gasteiger partial charge in [0, 0.05) is 12.1 Å². The van der Waals surface area contributed by atoms with Crippen molar-refractivity contribution in [3.8, 4) is 0 Å². The molecule has 0 radical (unpaired) electrons. The second-order valence-electron chi connectivity index (χ2n) is 5.19. The number of carboxylic acids is 1. The first-order valence-corrected chi connectivity index (χ1v) is 9.48. The third-order valence-electron chi connectivity index (χ3n) is 3.68. The highest BCUT2D eigenvalue weighted by atomic mass is 32.2. The Morgan fingerprint density at radius 1 is 1.39 bits per heavy atom. The lowest BCUT2D eigenvalue weighted by atomic mass is 10.0. The quantitative estimate of drug-likeness (QED) is 0.763. The van der Waals surface area contributed by atoms with Crippen LogP contribution in [-0.2, 0) is 10.0 Å². The molecule has 1 aromatic rings. The minimum absolute atomic E-state index is 0.145. The smallest absolute Gasteiger partial charge is 0.347 e. The first-order chi connectivity index (χ1) is 10.9. The average Bonchev–Trinajstić information content (AvgIpc) is 2.98. The third-order valence-corrected chi connectivity index (χ3v) is 6.73. The van der Waals surface area contributed by atoms with Crippen molar-refractivity contribution in [2.24, 2.45) is 0 Å². The van der Waals surface area contributed by atoms with Crippen LogP contribution in [0, 0.1) is 0 Å². The van der Waals surface area contributed by atoms with Crippen LogP contribution >= 0.6 is 11.3 Å². The fraction of sp³-hybridized carbons (Fsp3) is 0.312. The number of carbonyl (C=O) groups is 1. The van der Waals surface area contributed by atoms with E-state index in [-0.39, 0.29) is 21.9 Å². The fourth-order valence-corrected chi connectivity index (χ4v) is 5.78. The zero-order chi connectivity index (χ0) is 17.0. The predicted molar refractivity (Wildman–Crippen MR) is 91.3 cm³/mol. The second kappa shape index (κ2) is 7.25. The summed E-state index contributed by atoms with van der Waals surface area (Å²) in [5, 5.41) is 10.7. The summed E-state index contributed by atoms with van der Waals surface area (Å²) >= 11 is 0.914. The maximum atomic E-state index is 13.1. The van der Waals surface area contributed by atoms with Crippen molar-refractivity contribution in [3.63, 3.8) is 0 Å². The molecule has 2 heterocycles. The summed E-state index contributed by atoms with van der Waals surface area (Å²) in [5.74, 6) is -1.23. The molecule has 2 rings (SSSR count). The Kier molecular flexibility index (Phi) is 5.56. The van der Waals surface area contributed by atoms with E-state index in [1.165, 1.54) is 15.8 Å². The first-order valence-electron chi connectivity index (χ1n) is 7.16. The van der Waals surface area contributed by atoms with Gasteiger partial charge in [-0.05, 0) is 30.7 Å². The number of rotatable bonds is 7. The predicted octanol–water partition coefficient (Wildman–Crippen LogP) is 3.29. The van der Waals surface area contributed by atoms with Gasteiger partial charge in [-0.2, -0.15) is 4.31 Å². The van der Waals surface area contributed by atoms with E-state index >= 15 is 0 Å². The zero-order valence-electron chi connectivity index (χ0n) is 12.6. The van der Waals surface area contributed by atoms with Gasteiger partial charge >= 0.3 is 5.97 Å². The van der Waals surface area contributed by atoms with Crippen LogP contribution in [-0.4, -0.2) is 35.9 Å². The van der Waals surface area contributed by atoms with Gasteiger partial charge in [0.1, 0.15) is 9.77 Å². The van der Waals surface area contributed by atoms with Crippen LogP contribution in [0.15, 0.2) is 53.8 Å². The zero-order valence-corrected chi connectivity index (χ0v) is 14.2. The number of carboxylic acid groups (broad SMARTS) is 1. The molecular formula is C16H19NO4S2. The molecular weight excluding hydrogens is 334 g/mol. The van der Waals surface area contributed by atoms with E-state index in [0.29, 0.717) is 19.3 Å². The minimum atomic E-state index is -3.92. The number of hydrogen-bond acceptors (Lipinski definition) is 4. The summed E-state index contributed by atoms with van der Waals surface area (Å²) in [6.45, 7) is 7.38. The molecule has 124 valence electrons. The van der Waals surface area contributed by atoms with Gasteiger partial charge in [-0.25, -0.2) is 13.2 Å². The Bertz CT molecular complexity index is 733. The summed E-state index contributed by atoms with van der Waals surface area (Å²) in [6.07, 6.45) is 8.69. The van der Waals surface area contributed by atoms with Crippen molar-refractivity contribution in [2.45, 2.75) is 36.2 Å². The van der Waals surface area contributed by atoms with Gasteiger partial charge in [-0.1, -0.05) is 24.3 Å². The molecule has 2 atom stereocenters. The highest BCUT2D eigenvalue weighted by Gasteiger charge is 2.39. The van der Waals surface area contributed by atoms with E-state index in [1.54, 1.807) is 12.2 Å². The monoisotopic (exact) mass is 353 g/mol. The van der Waals surface area contributed by atoms with Crippen LogP contribution in [0.4, 0.5) is 0 Å². The number of thiophene rings is 1. The van der Waals surface area contributed by atoms with E-state index < -0.39 is 16.0 Å². The molecule has 7 heteroatoms. The largest absolute Gasteiger partial charge is 0.477 e. The van der Waals surface area contributed by atoms with E-state index in [9.17, 15) is 18.3 Å². The normalized spacial score (nSPS) is 21.9. The molecule has 1 N–H and O–H groups in total. The van der Waals surface area contributed by atoms with Crippen molar-refractivity contribution in [1.29, 1.82) is 0 Å². The summed E-state index contributed by atoms with van der Waals surface area (Å²) < 4.78 is 27.6. The molecule has 0 aliphatic carbocycles. The van der Waals surface area contributed by atoms with Gasteiger partial charge in [0.05, 0.1) is 0 Å². The lowest BCUT2D eigenvalue weighted by Gasteiger charge is -2.37. The molecule has 0 bridgehead atoms. The molecule has 1 aromatic heterocycles. The lowest BCUT2D eigenvalue weighted by molar-refractivity contribution is 0.0698. The van der Waals surface area contributed by atoms with Crippen molar-refractivity contribution in [2.75, 3.05) is 0 Å². The standard InChI is InChI=1S/C16H19NO4S2/c1-3-6-12-8-5-9-13(7-4-2)17(12)23(20,21)14-10-11-22-15(14)16(18)19/h3-5,8,10-13H,1-2,6-7,9H2,(H,18,19). The molecule has 1 aliphatic heterocycles. The number of aromatic carboxylic acids is 1. The molecule has 0 spiro atoms. The Morgan fingerprint density at radius 2 is 2.09 bits per heavy atom. The summed E-state index contributed by atoms with van der Waals surface area (Å²) in [4.78, 5) is 11.0. The maximum Gasteiger partial charge on any atom is 0.347 e. The van der Waals surface area contributed by atoms with E-state index in [1.807, 2.05) is 12.2 Å². The first kappa shape index (κ1) is 17.7. The van der Waals surface area contributed by atoms with Gasteiger partial charge in [-0.3, -0.25) is 0 Å². The molecule has 0 aromatic carbocycles. The summed E-state index contributed by atoms with van der Waals surface area (Å²) in [5.41, 5.74) is 0. The van der Waals surface area contributed by atoms with Gasteiger partial charge in [0.25, 0.3) is 0 Å². The van der Waals surface area contributed by atoms with Crippen LogP contribution in [0.3, 0.4) is 0 Å².